The van der Waals surface area contributed by atoms with Gasteiger partial charge in [0.25, 0.3) is 0 Å². The summed E-state index contributed by atoms with van der Waals surface area (Å²) in [7, 11) is 1.79. The lowest BCUT2D eigenvalue weighted by molar-refractivity contribution is 0.784. The SMILES string of the molecule is CN=C(NCCc1csc(C)n1)NCc1ccccc1C. The van der Waals surface area contributed by atoms with Crippen LogP contribution in [0.5, 0.6) is 0 Å². The van der Waals surface area contributed by atoms with E-state index in [4.69, 9.17) is 0 Å². The molecule has 2 N–H and O–H groups in total. The number of nitrogens with one attached hydrogen (secondary N) is 2. The molecule has 1 heterocycles. The fraction of sp³-hybridized carbons (Fsp3) is 0.375. The van der Waals surface area contributed by atoms with E-state index in [1.165, 1.54) is 11.1 Å². The van der Waals surface area contributed by atoms with Crippen molar-refractivity contribution in [1.29, 1.82) is 0 Å². The molecule has 0 aliphatic carbocycles. The number of aliphatic imine (C=N–C) groups is 1. The smallest absolute Gasteiger partial charge is 0.191 e. The van der Waals surface area contributed by atoms with Crippen LogP contribution in [-0.2, 0) is 13.0 Å². The zero-order chi connectivity index (χ0) is 15.1. The van der Waals surface area contributed by atoms with Gasteiger partial charge in [-0.05, 0) is 25.0 Å². The van der Waals surface area contributed by atoms with Crippen LogP contribution in [0.3, 0.4) is 0 Å². The number of thiazole rings is 1. The van der Waals surface area contributed by atoms with Gasteiger partial charge in [-0.25, -0.2) is 4.98 Å². The topological polar surface area (TPSA) is 49.3 Å². The zero-order valence-electron chi connectivity index (χ0n) is 12.8. The lowest BCUT2D eigenvalue weighted by atomic mass is 10.1. The fourth-order valence-corrected chi connectivity index (χ4v) is 2.69. The van der Waals surface area contributed by atoms with E-state index >= 15 is 0 Å². The van der Waals surface area contributed by atoms with E-state index in [-0.39, 0.29) is 0 Å². The van der Waals surface area contributed by atoms with Gasteiger partial charge >= 0.3 is 0 Å². The molecule has 0 amide bonds. The highest BCUT2D eigenvalue weighted by Crippen LogP contribution is 2.08. The van der Waals surface area contributed by atoms with Crippen LogP contribution < -0.4 is 10.6 Å². The van der Waals surface area contributed by atoms with Crippen LogP contribution in [0.4, 0.5) is 0 Å². The summed E-state index contributed by atoms with van der Waals surface area (Å²) in [5.74, 6) is 0.824. The largest absolute Gasteiger partial charge is 0.356 e. The third-order valence-electron chi connectivity index (χ3n) is 3.27. The lowest BCUT2D eigenvalue weighted by Gasteiger charge is -2.12. The molecule has 0 unspecified atom stereocenters. The van der Waals surface area contributed by atoms with Crippen LogP contribution in [0.2, 0.25) is 0 Å². The monoisotopic (exact) mass is 302 g/mol. The molecule has 0 saturated carbocycles. The summed E-state index contributed by atoms with van der Waals surface area (Å²) in [6.45, 7) is 5.76. The van der Waals surface area contributed by atoms with Gasteiger partial charge < -0.3 is 10.6 Å². The van der Waals surface area contributed by atoms with Crippen molar-refractivity contribution in [2.75, 3.05) is 13.6 Å². The van der Waals surface area contributed by atoms with Crippen molar-refractivity contribution in [3.05, 3.63) is 51.5 Å². The zero-order valence-corrected chi connectivity index (χ0v) is 13.6. The minimum atomic E-state index is 0.780. The molecule has 0 spiro atoms. The van der Waals surface area contributed by atoms with Crippen molar-refractivity contribution in [2.24, 2.45) is 4.99 Å². The first-order chi connectivity index (χ1) is 10.2. The highest BCUT2D eigenvalue weighted by Gasteiger charge is 2.02. The molecule has 5 heteroatoms. The molecule has 0 bridgehead atoms. The Balaban J connectivity index is 1.77. The van der Waals surface area contributed by atoms with Crippen molar-refractivity contribution in [3.63, 3.8) is 0 Å². The van der Waals surface area contributed by atoms with Crippen LogP contribution in [0, 0.1) is 13.8 Å². The fourth-order valence-electron chi connectivity index (χ4n) is 2.04. The number of hydrogen-bond acceptors (Lipinski definition) is 3. The molecule has 2 aromatic rings. The maximum atomic E-state index is 4.46. The molecule has 0 aliphatic rings. The molecule has 4 nitrogen and oxygen atoms in total. The average Bonchev–Trinajstić information content (AvgIpc) is 2.90. The second-order valence-electron chi connectivity index (χ2n) is 4.89. The van der Waals surface area contributed by atoms with Crippen LogP contribution in [0.25, 0.3) is 0 Å². The summed E-state index contributed by atoms with van der Waals surface area (Å²) >= 11 is 1.69. The van der Waals surface area contributed by atoms with E-state index < -0.39 is 0 Å². The Hall–Kier alpha value is -1.88. The van der Waals surface area contributed by atoms with E-state index in [9.17, 15) is 0 Å². The maximum Gasteiger partial charge on any atom is 0.191 e. The Morgan fingerprint density at radius 3 is 2.71 bits per heavy atom. The highest BCUT2D eigenvalue weighted by molar-refractivity contribution is 7.09. The van der Waals surface area contributed by atoms with E-state index in [2.05, 4.69) is 57.2 Å². The summed E-state index contributed by atoms with van der Waals surface area (Å²) in [5, 5.41) is 9.89. The minimum Gasteiger partial charge on any atom is -0.356 e. The second-order valence-corrected chi connectivity index (χ2v) is 5.95. The van der Waals surface area contributed by atoms with Crippen molar-refractivity contribution in [1.82, 2.24) is 15.6 Å². The predicted molar refractivity (Wildman–Crippen MR) is 89.9 cm³/mol. The minimum absolute atomic E-state index is 0.780. The Morgan fingerprint density at radius 1 is 1.24 bits per heavy atom. The lowest BCUT2D eigenvalue weighted by Crippen LogP contribution is -2.38. The van der Waals surface area contributed by atoms with Crippen molar-refractivity contribution in [2.45, 2.75) is 26.8 Å². The van der Waals surface area contributed by atoms with Crippen LogP contribution >= 0.6 is 11.3 Å². The quantitative estimate of drug-likeness (QED) is 0.659. The number of guanidine groups is 1. The summed E-state index contributed by atoms with van der Waals surface area (Å²) in [4.78, 5) is 8.70. The highest BCUT2D eigenvalue weighted by atomic mass is 32.1. The van der Waals surface area contributed by atoms with Gasteiger partial charge in [0.2, 0.25) is 0 Å². The van der Waals surface area contributed by atoms with Gasteiger partial charge in [0.15, 0.2) is 5.96 Å². The Labute approximate surface area is 130 Å². The van der Waals surface area contributed by atoms with Crippen LogP contribution in [0.15, 0.2) is 34.6 Å². The number of benzene rings is 1. The number of hydrogen-bond donors (Lipinski definition) is 2. The van der Waals surface area contributed by atoms with Crippen LogP contribution in [0.1, 0.15) is 21.8 Å². The molecular weight excluding hydrogens is 280 g/mol. The molecule has 0 saturated heterocycles. The summed E-state index contributed by atoms with van der Waals surface area (Å²) < 4.78 is 0. The summed E-state index contributed by atoms with van der Waals surface area (Å²) in [6, 6.07) is 8.37. The molecule has 0 aliphatic heterocycles. The Bertz CT molecular complexity index is 604. The number of nitrogens with zero attached hydrogens (tertiary/aromatic N) is 2. The molecule has 0 fully saturated rings. The van der Waals surface area contributed by atoms with Gasteiger partial charge in [-0.2, -0.15) is 0 Å². The molecule has 21 heavy (non-hydrogen) atoms. The van der Waals surface area contributed by atoms with Crippen LogP contribution in [-0.4, -0.2) is 24.5 Å². The normalized spacial score (nSPS) is 11.5. The molecule has 1 aromatic carbocycles. The summed E-state index contributed by atoms with van der Waals surface area (Å²) in [5.41, 5.74) is 3.72. The Kier molecular flexibility index (Phi) is 5.75. The first-order valence-electron chi connectivity index (χ1n) is 7.09. The van der Waals surface area contributed by atoms with Gasteiger partial charge in [0.1, 0.15) is 0 Å². The molecule has 112 valence electrons. The van der Waals surface area contributed by atoms with Crippen molar-refractivity contribution in [3.8, 4) is 0 Å². The number of aromatic nitrogens is 1. The first kappa shape index (κ1) is 15.5. The van der Waals surface area contributed by atoms with E-state index in [1.807, 2.05) is 6.92 Å². The molecule has 2 rings (SSSR count). The standard InChI is InChI=1S/C16H22N4S/c1-12-6-4-5-7-14(12)10-19-16(17-3)18-9-8-15-11-21-13(2)20-15/h4-7,11H,8-10H2,1-3H3,(H2,17,18,19). The third-order valence-corrected chi connectivity index (χ3v) is 4.09. The molecule has 0 radical (unpaired) electrons. The average molecular weight is 302 g/mol. The maximum absolute atomic E-state index is 4.46. The predicted octanol–water partition coefficient (Wildman–Crippen LogP) is 2.67. The van der Waals surface area contributed by atoms with Crippen molar-refractivity contribution < 1.29 is 0 Å². The summed E-state index contributed by atoms with van der Waals surface area (Å²) in [6.07, 6.45) is 0.912. The molecular formula is C16H22N4S. The van der Waals surface area contributed by atoms with E-state index in [0.717, 1.165) is 36.2 Å². The van der Waals surface area contributed by atoms with Gasteiger partial charge in [-0.3, -0.25) is 4.99 Å². The molecule has 1 aromatic heterocycles. The van der Waals surface area contributed by atoms with Gasteiger partial charge in [0, 0.05) is 31.9 Å². The second kappa shape index (κ2) is 7.78. The third kappa shape index (κ3) is 4.86. The van der Waals surface area contributed by atoms with Gasteiger partial charge in [-0.15, -0.1) is 11.3 Å². The van der Waals surface area contributed by atoms with Gasteiger partial charge in [0.05, 0.1) is 10.7 Å². The Morgan fingerprint density at radius 2 is 2.05 bits per heavy atom. The number of aryl methyl sites for hydroxylation is 2. The number of rotatable bonds is 5. The van der Waals surface area contributed by atoms with E-state index in [0.29, 0.717) is 0 Å². The van der Waals surface area contributed by atoms with E-state index in [1.54, 1.807) is 18.4 Å². The first-order valence-corrected chi connectivity index (χ1v) is 7.97. The van der Waals surface area contributed by atoms with Crippen molar-refractivity contribution >= 4 is 17.3 Å². The van der Waals surface area contributed by atoms with Gasteiger partial charge in [-0.1, -0.05) is 24.3 Å². The molecule has 0 atom stereocenters.